The summed E-state index contributed by atoms with van der Waals surface area (Å²) in [7, 11) is -3.33. The number of halogens is 3. The Labute approximate surface area is 118 Å². The van der Waals surface area contributed by atoms with Crippen molar-refractivity contribution >= 4 is 9.84 Å². The third-order valence-electron chi connectivity index (χ3n) is 2.73. The number of hydrogen-bond donors (Lipinski definition) is 0. The molecular weight excluding hydrogens is 309 g/mol. The highest BCUT2D eigenvalue weighted by Gasteiger charge is 2.19. The largest absolute Gasteiger partial charge is 0.334 e. The Morgan fingerprint density at radius 2 is 2.05 bits per heavy atom. The number of aromatic nitrogens is 2. The zero-order valence-electron chi connectivity index (χ0n) is 10.9. The van der Waals surface area contributed by atoms with Crippen molar-refractivity contribution in [2.24, 2.45) is 0 Å². The first kappa shape index (κ1) is 15.5. The second-order valence-corrected chi connectivity index (χ2v) is 6.58. The average Bonchev–Trinajstić information content (AvgIpc) is 2.86. The maximum absolute atomic E-state index is 13.2. The maximum Gasteiger partial charge on any atom is 0.266 e. The van der Waals surface area contributed by atoms with Crippen molar-refractivity contribution in [2.45, 2.75) is 19.1 Å². The number of benzene rings is 1. The van der Waals surface area contributed by atoms with Crippen LogP contribution in [0.1, 0.15) is 24.7 Å². The minimum atomic E-state index is -3.33. The summed E-state index contributed by atoms with van der Waals surface area (Å²) in [5.41, 5.74) is -0.687. The van der Waals surface area contributed by atoms with Crippen molar-refractivity contribution in [3.63, 3.8) is 0 Å². The lowest BCUT2D eigenvalue weighted by molar-refractivity contribution is 0.146. The number of rotatable bonds is 5. The van der Waals surface area contributed by atoms with Gasteiger partial charge in [0, 0.05) is 11.3 Å². The molecular formula is C12H11F3N2O3S. The highest BCUT2D eigenvalue weighted by Crippen LogP contribution is 2.27. The standard InChI is InChI=1S/C12H11F3N2O3S/c1-2-21(18,19)6-10-16-12(20-17-10)7-3-4-9(13)8(5-7)11(14)15/h3-5,11H,2,6H2,1H3. The van der Waals surface area contributed by atoms with E-state index in [0.29, 0.717) is 0 Å². The smallest absolute Gasteiger partial charge is 0.266 e. The molecule has 114 valence electrons. The van der Waals surface area contributed by atoms with Crippen molar-refractivity contribution in [3.05, 3.63) is 35.4 Å². The summed E-state index contributed by atoms with van der Waals surface area (Å²) in [5, 5.41) is 3.48. The number of sulfone groups is 1. The first-order valence-electron chi connectivity index (χ1n) is 5.93. The molecule has 0 aliphatic carbocycles. The van der Waals surface area contributed by atoms with Crippen molar-refractivity contribution in [1.82, 2.24) is 10.1 Å². The Balaban J connectivity index is 2.32. The van der Waals surface area contributed by atoms with Gasteiger partial charge in [-0.15, -0.1) is 0 Å². The molecule has 1 aromatic heterocycles. The molecule has 9 heteroatoms. The van der Waals surface area contributed by atoms with Gasteiger partial charge < -0.3 is 4.52 Å². The van der Waals surface area contributed by atoms with Gasteiger partial charge in [-0.1, -0.05) is 12.1 Å². The molecule has 5 nitrogen and oxygen atoms in total. The molecule has 0 N–H and O–H groups in total. The van der Waals surface area contributed by atoms with Crippen LogP contribution in [-0.2, 0) is 15.6 Å². The average molecular weight is 320 g/mol. The van der Waals surface area contributed by atoms with Gasteiger partial charge in [0.2, 0.25) is 0 Å². The van der Waals surface area contributed by atoms with E-state index in [0.717, 1.165) is 12.1 Å². The van der Waals surface area contributed by atoms with Crippen LogP contribution in [0.15, 0.2) is 22.7 Å². The van der Waals surface area contributed by atoms with Gasteiger partial charge in [0.1, 0.15) is 11.6 Å². The fraction of sp³-hybridized carbons (Fsp3) is 0.333. The third-order valence-corrected chi connectivity index (χ3v) is 4.31. The molecule has 0 saturated carbocycles. The van der Waals surface area contributed by atoms with Crippen LogP contribution in [0.2, 0.25) is 0 Å². The van der Waals surface area contributed by atoms with Gasteiger partial charge in [0.05, 0.1) is 5.56 Å². The molecule has 0 radical (unpaired) electrons. The summed E-state index contributed by atoms with van der Waals surface area (Å²) in [4.78, 5) is 3.82. The Morgan fingerprint density at radius 1 is 1.33 bits per heavy atom. The van der Waals surface area contributed by atoms with Gasteiger partial charge in [0.25, 0.3) is 12.3 Å². The molecule has 0 spiro atoms. The number of nitrogens with zero attached hydrogens (tertiary/aromatic N) is 2. The van der Waals surface area contributed by atoms with Gasteiger partial charge in [-0.25, -0.2) is 21.6 Å². The molecule has 0 unspecified atom stereocenters. The minimum Gasteiger partial charge on any atom is -0.334 e. The quantitative estimate of drug-likeness (QED) is 0.847. The van der Waals surface area contributed by atoms with Crippen LogP contribution in [0.3, 0.4) is 0 Å². The van der Waals surface area contributed by atoms with E-state index < -0.39 is 33.4 Å². The van der Waals surface area contributed by atoms with Crippen LogP contribution < -0.4 is 0 Å². The normalized spacial score (nSPS) is 12.0. The second-order valence-electron chi connectivity index (χ2n) is 4.23. The molecule has 21 heavy (non-hydrogen) atoms. The summed E-state index contributed by atoms with van der Waals surface area (Å²) in [6.45, 7) is 1.48. The van der Waals surface area contributed by atoms with Gasteiger partial charge in [-0.05, 0) is 18.2 Å². The monoisotopic (exact) mass is 320 g/mol. The Kier molecular flexibility index (Phi) is 4.31. The fourth-order valence-electron chi connectivity index (χ4n) is 1.57. The first-order valence-corrected chi connectivity index (χ1v) is 7.75. The molecule has 0 saturated heterocycles. The Bertz CT molecular complexity index is 744. The van der Waals surface area contributed by atoms with Crippen LogP contribution in [0, 0.1) is 5.82 Å². The van der Waals surface area contributed by atoms with Crippen LogP contribution in [-0.4, -0.2) is 24.3 Å². The van der Waals surface area contributed by atoms with E-state index in [-0.39, 0.29) is 23.0 Å². The molecule has 2 rings (SSSR count). The van der Waals surface area contributed by atoms with E-state index in [1.807, 2.05) is 0 Å². The lowest BCUT2D eigenvalue weighted by Crippen LogP contribution is -2.07. The summed E-state index contributed by atoms with van der Waals surface area (Å²) in [5.74, 6) is -1.74. The van der Waals surface area contributed by atoms with Gasteiger partial charge in [-0.2, -0.15) is 4.98 Å². The summed E-state index contributed by atoms with van der Waals surface area (Å²) < 4.78 is 66.1. The zero-order chi connectivity index (χ0) is 15.6. The molecule has 1 heterocycles. The first-order chi connectivity index (χ1) is 9.82. The molecule has 0 atom stereocenters. The van der Waals surface area contributed by atoms with E-state index in [9.17, 15) is 21.6 Å². The van der Waals surface area contributed by atoms with E-state index in [1.165, 1.54) is 13.0 Å². The second kappa shape index (κ2) is 5.84. The van der Waals surface area contributed by atoms with Gasteiger partial charge >= 0.3 is 0 Å². The lowest BCUT2D eigenvalue weighted by Gasteiger charge is -2.02. The molecule has 2 aromatic rings. The van der Waals surface area contributed by atoms with E-state index in [4.69, 9.17) is 4.52 Å². The van der Waals surface area contributed by atoms with Crippen molar-refractivity contribution in [1.29, 1.82) is 0 Å². The molecule has 0 bridgehead atoms. The third kappa shape index (κ3) is 3.60. The topological polar surface area (TPSA) is 73.1 Å². The molecule has 0 aliphatic heterocycles. The van der Waals surface area contributed by atoms with Gasteiger partial charge in [-0.3, -0.25) is 0 Å². The summed E-state index contributed by atoms with van der Waals surface area (Å²) >= 11 is 0. The predicted octanol–water partition coefficient (Wildman–Crippen LogP) is 2.75. The Hall–Kier alpha value is -1.90. The highest BCUT2D eigenvalue weighted by molar-refractivity contribution is 7.90. The summed E-state index contributed by atoms with van der Waals surface area (Å²) in [6, 6.07) is 2.96. The van der Waals surface area contributed by atoms with E-state index >= 15 is 0 Å². The molecule has 1 aromatic carbocycles. The molecule has 0 fully saturated rings. The lowest BCUT2D eigenvalue weighted by atomic mass is 10.1. The molecule has 0 aliphatic rings. The predicted molar refractivity (Wildman–Crippen MR) is 67.8 cm³/mol. The van der Waals surface area contributed by atoms with Crippen molar-refractivity contribution in [2.75, 3.05) is 5.75 Å². The molecule has 0 amide bonds. The SMILES string of the molecule is CCS(=O)(=O)Cc1noc(-c2ccc(F)c(C(F)F)c2)n1. The highest BCUT2D eigenvalue weighted by atomic mass is 32.2. The van der Waals surface area contributed by atoms with Crippen LogP contribution >= 0.6 is 0 Å². The van der Waals surface area contributed by atoms with E-state index in [1.54, 1.807) is 0 Å². The van der Waals surface area contributed by atoms with Crippen molar-refractivity contribution in [3.8, 4) is 11.5 Å². The van der Waals surface area contributed by atoms with E-state index in [2.05, 4.69) is 10.1 Å². The summed E-state index contributed by atoms with van der Waals surface area (Å²) in [6.07, 6.45) is -2.98. The van der Waals surface area contributed by atoms with Crippen LogP contribution in [0.25, 0.3) is 11.5 Å². The Morgan fingerprint density at radius 3 is 2.67 bits per heavy atom. The number of alkyl halides is 2. The maximum atomic E-state index is 13.2. The van der Waals surface area contributed by atoms with Crippen LogP contribution in [0.5, 0.6) is 0 Å². The fourth-order valence-corrected chi connectivity index (χ4v) is 2.29. The van der Waals surface area contributed by atoms with Crippen molar-refractivity contribution < 1.29 is 26.1 Å². The van der Waals surface area contributed by atoms with Crippen LogP contribution in [0.4, 0.5) is 13.2 Å². The number of hydrogen-bond acceptors (Lipinski definition) is 5. The zero-order valence-corrected chi connectivity index (χ0v) is 11.7. The minimum absolute atomic E-state index is 0.0743. The van der Waals surface area contributed by atoms with Gasteiger partial charge in [0.15, 0.2) is 15.7 Å².